The zero-order valence-electron chi connectivity index (χ0n) is 26.5. The van der Waals surface area contributed by atoms with Crippen LogP contribution in [0, 0.1) is 0 Å². The second-order valence-electron chi connectivity index (χ2n) is 10.6. The van der Waals surface area contributed by atoms with E-state index in [1.807, 2.05) is 39.2 Å². The van der Waals surface area contributed by atoms with E-state index in [1.165, 1.54) is 7.11 Å². The number of hydrogen-bond acceptors (Lipinski definition) is 10. The zero-order valence-corrected chi connectivity index (χ0v) is 28.2. The molecular weight excluding hydrogens is 602 g/mol. The smallest absolute Gasteiger partial charge is 0.203 e. The van der Waals surface area contributed by atoms with Gasteiger partial charge in [-0.25, -0.2) is 8.42 Å². The van der Waals surface area contributed by atoms with Gasteiger partial charge in [-0.3, -0.25) is 0 Å². The Labute approximate surface area is 265 Å². The van der Waals surface area contributed by atoms with Crippen LogP contribution >= 0.6 is 11.8 Å². The first-order valence-electron chi connectivity index (χ1n) is 14.6. The van der Waals surface area contributed by atoms with Crippen molar-refractivity contribution < 1.29 is 36.8 Å². The Morgan fingerprint density at radius 3 is 1.86 bits per heavy atom. The highest BCUT2D eigenvalue weighted by atomic mass is 32.2. The molecule has 1 aliphatic heterocycles. The fourth-order valence-corrected chi connectivity index (χ4v) is 7.49. The predicted molar refractivity (Wildman–Crippen MR) is 174 cm³/mol. The standard InChI is InChI=1S/C33H43NO8S2/c1-8-17-44(35,36)31-21-23(27-14-13-26(42-27)22-18-28(37-4)32(40-7)29(19-22)38-5)20-30(39-6)33(31)41-15-16-43-25-11-9-24(10-12-25)34(2)3/h9-12,18-21,26-27H,8,13-17H2,1-7H3. The number of methoxy groups -OCH3 is 4. The van der Waals surface area contributed by atoms with E-state index in [-0.39, 0.29) is 28.6 Å². The van der Waals surface area contributed by atoms with Gasteiger partial charge in [-0.2, -0.15) is 0 Å². The topological polar surface area (TPSA) is 92.8 Å². The molecule has 1 fully saturated rings. The van der Waals surface area contributed by atoms with Crippen molar-refractivity contribution in [2.45, 2.75) is 48.2 Å². The van der Waals surface area contributed by atoms with Crippen molar-refractivity contribution in [2.24, 2.45) is 0 Å². The van der Waals surface area contributed by atoms with Gasteiger partial charge in [0, 0.05) is 30.4 Å². The SMILES string of the molecule is CCCS(=O)(=O)c1cc(C2CCC(c3cc(OC)c(OC)c(OC)c3)O2)cc(OC)c1OCCSc1ccc(N(C)C)cc1. The number of sulfone groups is 1. The lowest BCUT2D eigenvalue weighted by Crippen LogP contribution is -2.12. The Bertz CT molecular complexity index is 1480. The van der Waals surface area contributed by atoms with Gasteiger partial charge in [-0.15, -0.1) is 11.8 Å². The molecule has 0 saturated carbocycles. The lowest BCUT2D eigenvalue weighted by atomic mass is 10.0. The molecule has 44 heavy (non-hydrogen) atoms. The first-order valence-corrected chi connectivity index (χ1v) is 17.2. The van der Waals surface area contributed by atoms with Gasteiger partial charge in [-0.05, 0) is 78.9 Å². The van der Waals surface area contributed by atoms with Crippen LogP contribution in [-0.2, 0) is 14.6 Å². The number of benzene rings is 3. The summed E-state index contributed by atoms with van der Waals surface area (Å²) in [5.41, 5.74) is 2.75. The second-order valence-corrected chi connectivity index (χ2v) is 13.8. The van der Waals surface area contributed by atoms with Gasteiger partial charge >= 0.3 is 0 Å². The second kappa shape index (κ2) is 15.1. The Morgan fingerprint density at radius 2 is 1.36 bits per heavy atom. The summed E-state index contributed by atoms with van der Waals surface area (Å²) in [6, 6.07) is 15.6. The Morgan fingerprint density at radius 1 is 0.818 bits per heavy atom. The fourth-order valence-electron chi connectivity index (χ4n) is 5.25. The third-order valence-corrected chi connectivity index (χ3v) is 10.4. The number of anilines is 1. The molecule has 1 saturated heterocycles. The van der Waals surface area contributed by atoms with E-state index in [4.69, 9.17) is 28.4 Å². The molecular formula is C33H43NO8S2. The van der Waals surface area contributed by atoms with Crippen LogP contribution in [0.2, 0.25) is 0 Å². The third kappa shape index (κ3) is 7.68. The van der Waals surface area contributed by atoms with E-state index in [9.17, 15) is 8.42 Å². The molecule has 9 nitrogen and oxygen atoms in total. The molecule has 0 amide bonds. The van der Waals surface area contributed by atoms with E-state index in [2.05, 4.69) is 29.2 Å². The third-order valence-electron chi connectivity index (χ3n) is 7.47. The Balaban J connectivity index is 1.56. The van der Waals surface area contributed by atoms with Crippen LogP contribution in [-0.4, -0.2) is 69.1 Å². The van der Waals surface area contributed by atoms with Gasteiger partial charge in [0.15, 0.2) is 32.8 Å². The van der Waals surface area contributed by atoms with E-state index in [1.54, 1.807) is 39.2 Å². The zero-order chi connectivity index (χ0) is 31.9. The maximum absolute atomic E-state index is 13.5. The molecule has 2 unspecified atom stereocenters. The summed E-state index contributed by atoms with van der Waals surface area (Å²) >= 11 is 1.65. The van der Waals surface area contributed by atoms with Gasteiger partial charge in [0.1, 0.15) is 4.90 Å². The lowest BCUT2D eigenvalue weighted by molar-refractivity contribution is 0.0435. The highest BCUT2D eigenvalue weighted by Gasteiger charge is 2.32. The van der Waals surface area contributed by atoms with Gasteiger partial charge in [0.05, 0.1) is 53.0 Å². The lowest BCUT2D eigenvalue weighted by Gasteiger charge is -2.21. The Kier molecular flexibility index (Phi) is 11.6. The van der Waals surface area contributed by atoms with E-state index in [0.717, 1.165) is 28.1 Å². The minimum atomic E-state index is -3.64. The monoisotopic (exact) mass is 645 g/mol. The molecule has 11 heteroatoms. The van der Waals surface area contributed by atoms with Crippen molar-refractivity contribution in [3.8, 4) is 28.7 Å². The van der Waals surface area contributed by atoms with Crippen LogP contribution in [0.5, 0.6) is 28.7 Å². The normalized spacial score (nSPS) is 16.4. The highest BCUT2D eigenvalue weighted by Crippen LogP contribution is 2.48. The highest BCUT2D eigenvalue weighted by molar-refractivity contribution is 7.99. The fraction of sp³-hybridized carbons (Fsp3) is 0.455. The number of nitrogens with zero attached hydrogens (tertiary/aromatic N) is 1. The summed E-state index contributed by atoms with van der Waals surface area (Å²) in [4.78, 5) is 3.30. The van der Waals surface area contributed by atoms with Crippen molar-refractivity contribution in [1.82, 2.24) is 0 Å². The molecule has 1 aliphatic rings. The largest absolute Gasteiger partial charge is 0.493 e. The quantitative estimate of drug-likeness (QED) is 0.131. The minimum Gasteiger partial charge on any atom is -0.493 e. The molecule has 3 aromatic carbocycles. The summed E-state index contributed by atoms with van der Waals surface area (Å²) in [7, 11) is 6.62. The number of hydrogen-bond donors (Lipinski definition) is 0. The molecule has 1 heterocycles. The van der Waals surface area contributed by atoms with Crippen LogP contribution < -0.4 is 28.6 Å². The van der Waals surface area contributed by atoms with Crippen molar-refractivity contribution in [3.63, 3.8) is 0 Å². The summed E-state index contributed by atoms with van der Waals surface area (Å²) in [6.45, 7) is 2.16. The van der Waals surface area contributed by atoms with Crippen molar-refractivity contribution >= 4 is 27.3 Å². The average molecular weight is 646 g/mol. The number of ether oxygens (including phenoxy) is 6. The molecule has 3 aromatic rings. The minimum absolute atomic E-state index is 0.00251. The van der Waals surface area contributed by atoms with Crippen LogP contribution in [0.25, 0.3) is 0 Å². The summed E-state index contributed by atoms with van der Waals surface area (Å²) < 4.78 is 61.8. The van der Waals surface area contributed by atoms with Crippen LogP contribution in [0.3, 0.4) is 0 Å². The Hall–Kier alpha value is -3.28. The maximum Gasteiger partial charge on any atom is 0.203 e. The predicted octanol–water partition coefficient (Wildman–Crippen LogP) is 6.73. The van der Waals surface area contributed by atoms with Crippen molar-refractivity contribution in [1.29, 1.82) is 0 Å². The van der Waals surface area contributed by atoms with Gasteiger partial charge in [-0.1, -0.05) is 6.92 Å². The first kappa shape index (κ1) is 33.6. The molecule has 0 aromatic heterocycles. The first-order chi connectivity index (χ1) is 21.1. The number of thioether (sulfide) groups is 1. The average Bonchev–Trinajstić information content (AvgIpc) is 3.52. The molecule has 0 aliphatic carbocycles. The summed E-state index contributed by atoms with van der Waals surface area (Å²) in [6.07, 6.45) is 1.33. The summed E-state index contributed by atoms with van der Waals surface area (Å²) in [5, 5.41) is 0. The molecule has 0 N–H and O–H groups in total. The van der Waals surface area contributed by atoms with Gasteiger partial charge < -0.3 is 33.3 Å². The summed E-state index contributed by atoms with van der Waals surface area (Å²) in [5.74, 6) is 2.87. The van der Waals surface area contributed by atoms with Gasteiger partial charge in [0.25, 0.3) is 0 Å². The van der Waals surface area contributed by atoms with Crippen LogP contribution in [0.15, 0.2) is 58.3 Å². The number of rotatable bonds is 15. The van der Waals surface area contributed by atoms with Gasteiger partial charge in [0.2, 0.25) is 5.75 Å². The van der Waals surface area contributed by atoms with Crippen LogP contribution in [0.4, 0.5) is 5.69 Å². The van der Waals surface area contributed by atoms with E-state index < -0.39 is 9.84 Å². The van der Waals surface area contributed by atoms with E-state index >= 15 is 0 Å². The molecule has 4 rings (SSSR count). The maximum atomic E-state index is 13.5. The molecule has 0 bridgehead atoms. The molecule has 2 atom stereocenters. The molecule has 0 spiro atoms. The molecule has 240 valence electrons. The molecule has 0 radical (unpaired) electrons. The van der Waals surface area contributed by atoms with E-state index in [0.29, 0.717) is 48.2 Å². The van der Waals surface area contributed by atoms with Crippen molar-refractivity contribution in [2.75, 3.05) is 65.5 Å². The van der Waals surface area contributed by atoms with Crippen molar-refractivity contribution in [3.05, 3.63) is 59.7 Å². The van der Waals surface area contributed by atoms with Crippen LogP contribution in [0.1, 0.15) is 49.5 Å².